The molecule has 0 spiro atoms. The number of methoxy groups -OCH3 is 2. The van der Waals surface area contributed by atoms with Crippen molar-refractivity contribution in [3.8, 4) is 11.5 Å². The molecule has 10 rings (SSSR count). The third-order valence-corrected chi connectivity index (χ3v) is 13.6. The summed E-state index contributed by atoms with van der Waals surface area (Å²) in [6.07, 6.45) is 4.71. The van der Waals surface area contributed by atoms with Crippen LogP contribution in [0.1, 0.15) is 47.3 Å². The summed E-state index contributed by atoms with van der Waals surface area (Å²) in [4.78, 5) is 23.0. The third-order valence-electron chi connectivity index (χ3n) is 12.3. The predicted molar refractivity (Wildman–Crippen MR) is 250 cm³/mol. The van der Waals surface area contributed by atoms with Crippen LogP contribution >= 0.6 is 23.1 Å². The Balaban J connectivity index is 0.000000166. The molecule has 6 atom stereocenters. The quantitative estimate of drug-likeness (QED) is 0.103. The molecule has 344 valence electrons. The van der Waals surface area contributed by atoms with Gasteiger partial charge in [-0.3, -0.25) is 19.8 Å². The highest BCUT2D eigenvalue weighted by molar-refractivity contribution is 7.12. The number of benzene rings is 2. The number of nitrogens with zero attached hydrogens (tertiary/aromatic N) is 10. The number of ether oxygens (including phenoxy) is 2. The molecule has 8 aromatic rings. The number of likely N-dealkylation sites (tertiary alicyclic amines) is 2. The second-order valence-corrected chi connectivity index (χ2v) is 18.0. The molecule has 0 saturated carbocycles. The number of fused-ring (bicyclic) bond motifs is 4. The van der Waals surface area contributed by atoms with E-state index in [0.29, 0.717) is 63.6 Å². The Morgan fingerprint density at radius 1 is 0.636 bits per heavy atom. The van der Waals surface area contributed by atoms with Crippen LogP contribution in [0.5, 0.6) is 11.5 Å². The SMILES string of the molecule is COc1ccc2nccc([C@@H](O)CN3CCC(NCc4cnc5snnc5c4)[C@@H](F)C3)c2c1.COc1ccc2nccc([C@@H](O)CN3CCC(NCc4cnc5snnc5c4)[C@H](F)C3)c2c1. The van der Waals surface area contributed by atoms with E-state index in [9.17, 15) is 19.0 Å². The summed E-state index contributed by atoms with van der Waals surface area (Å²) in [5.74, 6) is 1.42. The van der Waals surface area contributed by atoms with Gasteiger partial charge in [-0.25, -0.2) is 18.7 Å². The summed E-state index contributed by atoms with van der Waals surface area (Å²) in [5.41, 5.74) is 6.57. The highest BCUT2D eigenvalue weighted by Gasteiger charge is 2.32. The molecule has 0 radical (unpaired) electrons. The van der Waals surface area contributed by atoms with Crippen LogP contribution in [0.2, 0.25) is 0 Å². The molecule has 2 unspecified atom stereocenters. The first kappa shape index (κ1) is 45.6. The molecular formula is C46H50F2N12O4S2. The Morgan fingerprint density at radius 2 is 1.09 bits per heavy atom. The number of pyridine rings is 4. The van der Waals surface area contributed by atoms with Gasteiger partial charge < -0.3 is 30.3 Å². The molecular weight excluding hydrogens is 887 g/mol. The molecule has 2 saturated heterocycles. The van der Waals surface area contributed by atoms with Gasteiger partial charge in [0.1, 0.15) is 34.9 Å². The van der Waals surface area contributed by atoms with E-state index in [-0.39, 0.29) is 25.2 Å². The van der Waals surface area contributed by atoms with E-state index in [2.05, 4.69) is 49.7 Å². The number of piperidine rings is 2. The number of β-amino-alcohol motifs (C(OH)–C–C–N with tert-alkyl or cyclic N) is 2. The maximum Gasteiger partial charge on any atom is 0.163 e. The molecule has 66 heavy (non-hydrogen) atoms. The number of hydrogen-bond acceptors (Lipinski definition) is 18. The van der Waals surface area contributed by atoms with E-state index in [4.69, 9.17) is 9.47 Å². The van der Waals surface area contributed by atoms with E-state index in [1.165, 1.54) is 23.1 Å². The van der Waals surface area contributed by atoms with Crippen LogP contribution in [-0.2, 0) is 13.1 Å². The Bertz CT molecular complexity index is 2700. The second kappa shape index (κ2) is 20.9. The largest absolute Gasteiger partial charge is 0.497 e. The van der Waals surface area contributed by atoms with Crippen molar-refractivity contribution in [2.24, 2.45) is 0 Å². The Kier molecular flexibility index (Phi) is 14.5. The molecule has 2 aliphatic heterocycles. The number of hydrogen-bond donors (Lipinski definition) is 4. The fraction of sp³-hybridized carbons (Fsp3) is 0.391. The van der Waals surface area contributed by atoms with Crippen molar-refractivity contribution in [1.82, 2.24) is 59.5 Å². The number of aromatic nitrogens is 8. The van der Waals surface area contributed by atoms with Crippen molar-refractivity contribution < 1.29 is 28.5 Å². The number of aliphatic hydroxyl groups excluding tert-OH is 2. The van der Waals surface area contributed by atoms with E-state index in [1.807, 2.05) is 70.5 Å². The molecule has 2 fully saturated rings. The minimum atomic E-state index is -1.03. The fourth-order valence-corrected chi connectivity index (χ4v) is 9.69. The first-order chi connectivity index (χ1) is 32.2. The first-order valence-corrected chi connectivity index (χ1v) is 23.3. The van der Waals surface area contributed by atoms with Gasteiger partial charge >= 0.3 is 0 Å². The monoisotopic (exact) mass is 936 g/mol. The normalized spacial score (nSPS) is 20.3. The van der Waals surface area contributed by atoms with Crippen LogP contribution in [-0.4, -0.2) is 137 Å². The van der Waals surface area contributed by atoms with Gasteiger partial charge in [-0.15, -0.1) is 10.2 Å². The lowest BCUT2D eigenvalue weighted by Gasteiger charge is -2.36. The molecule has 16 nitrogen and oxygen atoms in total. The van der Waals surface area contributed by atoms with E-state index in [0.717, 1.165) is 64.8 Å². The van der Waals surface area contributed by atoms with Crippen molar-refractivity contribution in [2.45, 2.75) is 62.6 Å². The van der Waals surface area contributed by atoms with Crippen LogP contribution in [0.3, 0.4) is 0 Å². The minimum absolute atomic E-state index is 0.242. The summed E-state index contributed by atoms with van der Waals surface area (Å²) in [5, 5.41) is 38.3. The lowest BCUT2D eigenvalue weighted by atomic mass is 10.00. The van der Waals surface area contributed by atoms with Gasteiger partial charge in [-0.2, -0.15) is 0 Å². The maximum absolute atomic E-state index is 15.0. The topological polar surface area (TPSA) is 193 Å². The van der Waals surface area contributed by atoms with Gasteiger partial charge in [0.25, 0.3) is 0 Å². The standard InChI is InChI=1S/2C23H25FN6O2S/c2*1-32-15-2-3-19-17(9-15)16(4-6-25-19)22(31)13-30-7-5-20(18(24)12-30)26-10-14-8-21-23(27-11-14)33-29-28-21/h2*2-4,6,8-9,11,18,20,22,26,31H,5,7,10,12-13H2,1H3/t18-,20?,22+;18-,20?,22-/m10/s1. The van der Waals surface area contributed by atoms with Gasteiger partial charge in [0.05, 0.1) is 37.5 Å². The van der Waals surface area contributed by atoms with Crippen LogP contribution in [0.25, 0.3) is 42.5 Å². The van der Waals surface area contributed by atoms with E-state index < -0.39 is 24.6 Å². The second-order valence-electron chi connectivity index (χ2n) is 16.6. The zero-order valence-corrected chi connectivity index (χ0v) is 38.0. The lowest BCUT2D eigenvalue weighted by Crippen LogP contribution is -2.51. The molecule has 6 aromatic heterocycles. The van der Waals surface area contributed by atoms with Crippen LogP contribution < -0.4 is 20.1 Å². The summed E-state index contributed by atoms with van der Waals surface area (Å²) in [7, 11) is 3.22. The molecule has 8 heterocycles. The molecule has 0 amide bonds. The Hall–Kier alpha value is -5.58. The fourth-order valence-electron chi connectivity index (χ4n) is 8.69. The van der Waals surface area contributed by atoms with Gasteiger partial charge in [0.2, 0.25) is 0 Å². The van der Waals surface area contributed by atoms with Crippen molar-refractivity contribution in [1.29, 1.82) is 0 Å². The van der Waals surface area contributed by atoms with Crippen LogP contribution in [0.15, 0.2) is 85.5 Å². The number of alkyl halides is 2. The number of aliphatic hydroxyl groups is 2. The highest BCUT2D eigenvalue weighted by atomic mass is 32.1. The predicted octanol–water partition coefficient (Wildman–Crippen LogP) is 5.76. The smallest absolute Gasteiger partial charge is 0.163 e. The van der Waals surface area contributed by atoms with Gasteiger partial charge in [-0.1, -0.05) is 8.98 Å². The van der Waals surface area contributed by atoms with Crippen molar-refractivity contribution in [3.63, 3.8) is 0 Å². The van der Waals surface area contributed by atoms with Crippen molar-refractivity contribution in [2.75, 3.05) is 53.5 Å². The summed E-state index contributed by atoms with van der Waals surface area (Å²) in [6.45, 7) is 3.73. The van der Waals surface area contributed by atoms with Gasteiger partial charge in [0.15, 0.2) is 9.66 Å². The molecule has 0 bridgehead atoms. The lowest BCUT2D eigenvalue weighted by molar-refractivity contribution is 0.0569. The highest BCUT2D eigenvalue weighted by Crippen LogP contribution is 2.30. The zero-order chi connectivity index (χ0) is 45.6. The Labute approximate surface area is 387 Å². The molecule has 0 aliphatic carbocycles. The summed E-state index contributed by atoms with van der Waals surface area (Å²) < 4.78 is 48.4. The third kappa shape index (κ3) is 10.7. The first-order valence-electron chi connectivity index (χ1n) is 21.8. The molecule has 2 aliphatic rings. The molecule has 20 heteroatoms. The van der Waals surface area contributed by atoms with Crippen LogP contribution in [0, 0.1) is 0 Å². The molecule has 4 N–H and O–H groups in total. The van der Waals surface area contributed by atoms with Crippen LogP contribution in [0.4, 0.5) is 8.78 Å². The number of nitrogens with one attached hydrogen (secondary N) is 2. The van der Waals surface area contributed by atoms with Crippen molar-refractivity contribution >= 4 is 65.6 Å². The Morgan fingerprint density at radius 3 is 1.52 bits per heavy atom. The summed E-state index contributed by atoms with van der Waals surface area (Å²) >= 11 is 2.52. The molecule has 2 aromatic carbocycles. The number of rotatable bonds is 14. The van der Waals surface area contributed by atoms with E-state index in [1.54, 1.807) is 39.0 Å². The van der Waals surface area contributed by atoms with Crippen molar-refractivity contribution in [3.05, 3.63) is 108 Å². The van der Waals surface area contributed by atoms with E-state index >= 15 is 0 Å². The number of halogens is 2. The summed E-state index contributed by atoms with van der Waals surface area (Å²) in [6, 6.07) is 18.2. The average molecular weight is 937 g/mol. The average Bonchev–Trinajstić information content (AvgIpc) is 4.02. The minimum Gasteiger partial charge on any atom is -0.497 e. The maximum atomic E-state index is 15.0. The van der Waals surface area contributed by atoms with Gasteiger partial charge in [0, 0.05) is 110 Å². The zero-order valence-electron chi connectivity index (χ0n) is 36.4. The van der Waals surface area contributed by atoms with Gasteiger partial charge in [-0.05, 0) is 109 Å².